The Labute approximate surface area is 161 Å². The van der Waals surface area contributed by atoms with Crippen LogP contribution in [0.25, 0.3) is 5.76 Å². The molecule has 3 rings (SSSR count). The van der Waals surface area contributed by atoms with Crippen molar-refractivity contribution in [3.8, 4) is 0 Å². The molecule has 0 aromatic heterocycles. The summed E-state index contributed by atoms with van der Waals surface area (Å²) < 4.78 is 26.6. The number of Topliss-reactive ketones (excluding diaryl/α,β-unsaturated/α-hetero) is 1. The van der Waals surface area contributed by atoms with Crippen molar-refractivity contribution in [2.75, 3.05) is 27.2 Å². The maximum atomic E-state index is 13.4. The van der Waals surface area contributed by atoms with E-state index in [1.165, 1.54) is 41.3 Å². The Kier molecular flexibility index (Phi) is 5.56. The molecule has 0 saturated carbocycles. The Morgan fingerprint density at radius 3 is 2.07 bits per heavy atom. The molecule has 7 heteroatoms. The van der Waals surface area contributed by atoms with Crippen LogP contribution < -0.4 is 0 Å². The zero-order chi connectivity index (χ0) is 20.4. The molecule has 1 aliphatic heterocycles. The van der Waals surface area contributed by atoms with E-state index in [2.05, 4.69) is 0 Å². The van der Waals surface area contributed by atoms with E-state index in [1.807, 2.05) is 19.0 Å². The lowest BCUT2D eigenvalue weighted by Gasteiger charge is -2.26. The lowest BCUT2D eigenvalue weighted by molar-refractivity contribution is -0.140. The summed E-state index contributed by atoms with van der Waals surface area (Å²) in [4.78, 5) is 28.6. The first kappa shape index (κ1) is 19.7. The third-order valence-electron chi connectivity index (χ3n) is 4.63. The van der Waals surface area contributed by atoms with Gasteiger partial charge < -0.3 is 14.9 Å². The largest absolute Gasteiger partial charge is 0.507 e. The van der Waals surface area contributed by atoms with E-state index in [1.54, 1.807) is 0 Å². The van der Waals surface area contributed by atoms with Crippen molar-refractivity contribution in [3.63, 3.8) is 0 Å². The van der Waals surface area contributed by atoms with Crippen LogP contribution in [0.15, 0.2) is 54.1 Å². The molecule has 5 nitrogen and oxygen atoms in total. The summed E-state index contributed by atoms with van der Waals surface area (Å²) in [5.41, 5.74) is 0.629. The number of benzene rings is 2. The Balaban J connectivity index is 2.13. The fourth-order valence-electron chi connectivity index (χ4n) is 3.17. The molecule has 1 atom stereocenters. The molecule has 2 aromatic rings. The van der Waals surface area contributed by atoms with E-state index in [-0.39, 0.29) is 23.4 Å². The smallest absolute Gasteiger partial charge is 0.295 e. The van der Waals surface area contributed by atoms with Gasteiger partial charge in [0.2, 0.25) is 0 Å². The van der Waals surface area contributed by atoms with E-state index in [9.17, 15) is 23.5 Å². The highest BCUT2D eigenvalue weighted by Crippen LogP contribution is 2.39. The van der Waals surface area contributed by atoms with E-state index in [0.29, 0.717) is 12.1 Å². The second kappa shape index (κ2) is 7.90. The fraction of sp³-hybridized carbons (Fsp3) is 0.238. The minimum absolute atomic E-state index is 0.0954. The van der Waals surface area contributed by atoms with E-state index in [4.69, 9.17) is 0 Å². The maximum absolute atomic E-state index is 13.4. The number of rotatable bonds is 5. The highest BCUT2D eigenvalue weighted by Gasteiger charge is 2.45. The van der Waals surface area contributed by atoms with E-state index >= 15 is 0 Å². The standard InChI is InChI=1S/C21H20F2N2O3/c1-24(2)11-12-25-18(13-3-7-15(22)8-4-13)17(20(27)21(25)28)19(26)14-5-9-16(23)10-6-14/h3-10,18,26H,11-12H2,1-2H3. The summed E-state index contributed by atoms with van der Waals surface area (Å²) >= 11 is 0. The summed E-state index contributed by atoms with van der Waals surface area (Å²) in [5, 5.41) is 10.8. The number of hydrogen-bond acceptors (Lipinski definition) is 4. The van der Waals surface area contributed by atoms with Crippen LogP contribution in [0.5, 0.6) is 0 Å². The van der Waals surface area contributed by atoms with Gasteiger partial charge in [-0.2, -0.15) is 0 Å². The third kappa shape index (κ3) is 3.80. The number of aliphatic hydroxyl groups is 1. The SMILES string of the molecule is CN(C)CCN1C(=O)C(=O)C(=C(O)c2ccc(F)cc2)C1c1ccc(F)cc1. The number of ketones is 1. The number of amides is 1. The van der Waals surface area contributed by atoms with Crippen molar-refractivity contribution >= 4 is 17.4 Å². The number of aliphatic hydroxyl groups excluding tert-OH is 1. The highest BCUT2D eigenvalue weighted by atomic mass is 19.1. The second-order valence-corrected chi connectivity index (χ2v) is 6.85. The Morgan fingerprint density at radius 2 is 1.54 bits per heavy atom. The van der Waals surface area contributed by atoms with Gasteiger partial charge >= 0.3 is 0 Å². The number of halogens is 2. The van der Waals surface area contributed by atoms with Crippen LogP contribution in [-0.2, 0) is 9.59 Å². The van der Waals surface area contributed by atoms with Gasteiger partial charge in [-0.05, 0) is 56.1 Å². The van der Waals surface area contributed by atoms with Crippen LogP contribution in [-0.4, -0.2) is 53.8 Å². The summed E-state index contributed by atoms with van der Waals surface area (Å²) in [7, 11) is 3.67. The van der Waals surface area contributed by atoms with Gasteiger partial charge in [-0.1, -0.05) is 12.1 Å². The normalized spacial score (nSPS) is 18.9. The lowest BCUT2D eigenvalue weighted by atomic mass is 9.95. The number of likely N-dealkylation sites (N-methyl/N-ethyl adjacent to an activating group) is 1. The zero-order valence-corrected chi connectivity index (χ0v) is 15.5. The first-order valence-electron chi connectivity index (χ1n) is 8.74. The zero-order valence-electron chi connectivity index (χ0n) is 15.5. The molecule has 146 valence electrons. The van der Waals surface area contributed by atoms with Crippen molar-refractivity contribution in [1.29, 1.82) is 0 Å². The van der Waals surface area contributed by atoms with Crippen LogP contribution >= 0.6 is 0 Å². The first-order chi connectivity index (χ1) is 13.3. The van der Waals surface area contributed by atoms with Gasteiger partial charge in [0.1, 0.15) is 17.4 Å². The van der Waals surface area contributed by atoms with Gasteiger partial charge in [0.05, 0.1) is 11.6 Å². The van der Waals surface area contributed by atoms with Gasteiger partial charge in [0.25, 0.3) is 11.7 Å². The molecular weight excluding hydrogens is 366 g/mol. The number of hydrogen-bond donors (Lipinski definition) is 1. The summed E-state index contributed by atoms with van der Waals surface area (Å²) in [6.07, 6.45) is 0. The third-order valence-corrected chi connectivity index (χ3v) is 4.63. The maximum Gasteiger partial charge on any atom is 0.295 e. The monoisotopic (exact) mass is 386 g/mol. The van der Waals surface area contributed by atoms with Crippen LogP contribution in [0.4, 0.5) is 8.78 Å². The Bertz CT molecular complexity index is 922. The molecule has 28 heavy (non-hydrogen) atoms. The molecule has 1 amide bonds. The predicted molar refractivity (Wildman–Crippen MR) is 100 cm³/mol. The van der Waals surface area contributed by atoms with Crippen molar-refractivity contribution in [1.82, 2.24) is 9.80 Å². The van der Waals surface area contributed by atoms with Gasteiger partial charge in [-0.15, -0.1) is 0 Å². The molecule has 0 bridgehead atoms. The Morgan fingerprint density at radius 1 is 1.00 bits per heavy atom. The average molecular weight is 386 g/mol. The fourth-order valence-corrected chi connectivity index (χ4v) is 3.17. The van der Waals surface area contributed by atoms with Gasteiger partial charge in [0.15, 0.2) is 0 Å². The number of carbonyl (C=O) groups excluding carboxylic acids is 2. The van der Waals surface area contributed by atoms with Crippen molar-refractivity contribution in [2.45, 2.75) is 6.04 Å². The number of nitrogens with zero attached hydrogens (tertiary/aromatic N) is 2. The van der Waals surface area contributed by atoms with Gasteiger partial charge in [-0.3, -0.25) is 9.59 Å². The van der Waals surface area contributed by atoms with Crippen molar-refractivity contribution in [2.24, 2.45) is 0 Å². The molecule has 0 radical (unpaired) electrons. The molecule has 1 fully saturated rings. The summed E-state index contributed by atoms with van der Waals surface area (Å²) in [6, 6.07) is 9.55. The minimum atomic E-state index is -0.856. The average Bonchev–Trinajstić information content (AvgIpc) is 2.91. The number of carbonyl (C=O) groups is 2. The lowest BCUT2D eigenvalue weighted by Crippen LogP contribution is -2.35. The van der Waals surface area contributed by atoms with Crippen molar-refractivity contribution < 1.29 is 23.5 Å². The van der Waals surface area contributed by atoms with Crippen LogP contribution in [0.3, 0.4) is 0 Å². The summed E-state index contributed by atoms with van der Waals surface area (Å²) in [5.74, 6) is -2.89. The predicted octanol–water partition coefficient (Wildman–Crippen LogP) is 2.95. The molecular formula is C21H20F2N2O3. The highest BCUT2D eigenvalue weighted by molar-refractivity contribution is 6.46. The van der Waals surface area contributed by atoms with Crippen LogP contribution in [0.1, 0.15) is 17.2 Å². The molecule has 2 aromatic carbocycles. The first-order valence-corrected chi connectivity index (χ1v) is 8.74. The molecule has 1 heterocycles. The molecule has 1 unspecified atom stereocenters. The Hall–Kier alpha value is -3.06. The van der Waals surface area contributed by atoms with E-state index < -0.39 is 29.4 Å². The van der Waals surface area contributed by atoms with Crippen LogP contribution in [0, 0.1) is 11.6 Å². The van der Waals surface area contributed by atoms with Gasteiger partial charge in [-0.25, -0.2) is 8.78 Å². The topological polar surface area (TPSA) is 60.9 Å². The quantitative estimate of drug-likeness (QED) is 0.488. The van der Waals surface area contributed by atoms with Gasteiger partial charge in [0, 0.05) is 18.7 Å². The van der Waals surface area contributed by atoms with Crippen molar-refractivity contribution in [3.05, 3.63) is 76.9 Å². The summed E-state index contributed by atoms with van der Waals surface area (Å²) in [6.45, 7) is 0.751. The minimum Gasteiger partial charge on any atom is -0.507 e. The molecule has 1 aliphatic rings. The molecule has 0 spiro atoms. The molecule has 0 aliphatic carbocycles. The molecule has 1 N–H and O–H groups in total. The molecule has 1 saturated heterocycles. The second-order valence-electron chi connectivity index (χ2n) is 6.85. The van der Waals surface area contributed by atoms with E-state index in [0.717, 1.165) is 12.1 Å². The number of likely N-dealkylation sites (tertiary alicyclic amines) is 1. The van der Waals surface area contributed by atoms with Crippen LogP contribution in [0.2, 0.25) is 0 Å².